The monoisotopic (exact) mass is 396 g/mol. The molecule has 1 saturated heterocycles. The molecule has 1 aliphatic rings. The second-order valence-electron chi connectivity index (χ2n) is 5.18. The van der Waals surface area contributed by atoms with Crippen molar-refractivity contribution in [1.29, 1.82) is 0 Å². The molecule has 1 fully saturated rings. The average Bonchev–Trinajstić information content (AvgIpc) is 2.97. The summed E-state index contributed by atoms with van der Waals surface area (Å²) in [6, 6.07) is 0. The van der Waals surface area contributed by atoms with Crippen LogP contribution in [0.25, 0.3) is 0 Å². The van der Waals surface area contributed by atoms with Gasteiger partial charge < -0.3 is 40.7 Å². The van der Waals surface area contributed by atoms with Gasteiger partial charge in [0.25, 0.3) is 5.91 Å². The molecule has 9 nitrogen and oxygen atoms in total. The highest BCUT2D eigenvalue weighted by Crippen LogP contribution is 2.47. The first-order chi connectivity index (χ1) is 11.0. The summed E-state index contributed by atoms with van der Waals surface area (Å²) in [5.41, 5.74) is 9.43. The van der Waals surface area contributed by atoms with Gasteiger partial charge in [-0.05, 0) is 17.2 Å². The van der Waals surface area contributed by atoms with Crippen LogP contribution in [0.2, 0.25) is 0 Å². The maximum Gasteiger partial charge on any atom is 0.321 e. The van der Waals surface area contributed by atoms with E-state index >= 15 is 0 Å². The normalized spacial score (nSPS) is 30.4. The minimum absolute atomic E-state index is 0.0287. The molecule has 8 N–H and O–H groups in total. The molecule has 1 aromatic rings. The lowest BCUT2D eigenvalue weighted by atomic mass is 9.87. The number of hydrogen-bond donors (Lipinski definition) is 6. The van der Waals surface area contributed by atoms with E-state index in [1.807, 2.05) is 0 Å². The summed E-state index contributed by atoms with van der Waals surface area (Å²) in [6.45, 7) is -0.938. The first-order valence-corrected chi connectivity index (χ1v) is 10.1. The highest BCUT2D eigenvalue weighted by Gasteiger charge is 2.55. The molecule has 12 heteroatoms. The second-order valence-corrected chi connectivity index (χ2v) is 8.72. The van der Waals surface area contributed by atoms with Crippen LogP contribution in [0.1, 0.15) is 21.3 Å². The van der Waals surface area contributed by atoms with Gasteiger partial charge in [-0.1, -0.05) is 6.08 Å². The van der Waals surface area contributed by atoms with Crippen LogP contribution < -0.4 is 11.5 Å². The van der Waals surface area contributed by atoms with Gasteiger partial charge in [-0.25, -0.2) is 0 Å². The molecule has 2 heterocycles. The number of hydrogen-bond acceptors (Lipinski definition) is 8. The Morgan fingerprint density at radius 2 is 2.25 bits per heavy atom. The highest BCUT2D eigenvalue weighted by atomic mass is 32.5. The predicted molar refractivity (Wildman–Crippen MR) is 90.7 cm³/mol. The quantitative estimate of drug-likeness (QED) is 0.271. The van der Waals surface area contributed by atoms with Crippen LogP contribution >= 0.6 is 18.1 Å². The summed E-state index contributed by atoms with van der Waals surface area (Å²) < 4.78 is 10.2. The third-order valence-electron chi connectivity index (χ3n) is 3.66. The summed E-state index contributed by atoms with van der Waals surface area (Å²) in [4.78, 5) is 29.6. The maximum absolute atomic E-state index is 11.3. The molecule has 2 rings (SSSR count). The molecule has 1 amide bonds. The lowest BCUT2D eigenvalue weighted by molar-refractivity contribution is -0.0405. The lowest BCUT2D eigenvalue weighted by Crippen LogP contribution is -2.44. The van der Waals surface area contributed by atoms with E-state index in [-0.39, 0.29) is 16.1 Å². The fourth-order valence-corrected chi connectivity index (χ4v) is 3.82. The lowest BCUT2D eigenvalue weighted by Gasteiger charge is -2.27. The second kappa shape index (κ2) is 6.79. The molecule has 0 bridgehead atoms. The van der Waals surface area contributed by atoms with E-state index in [4.69, 9.17) is 26.0 Å². The number of primary amides is 1. The topological polar surface area (TPSA) is 168 Å². The van der Waals surface area contributed by atoms with Gasteiger partial charge in [-0.15, -0.1) is 17.9 Å². The number of carbonyl (C=O) groups is 1. The van der Waals surface area contributed by atoms with Crippen molar-refractivity contribution >= 4 is 41.5 Å². The average molecular weight is 396 g/mol. The Morgan fingerprint density at radius 1 is 1.62 bits per heavy atom. The number of nitrogen functional groups attached to an aromatic ring is 1. The Hall–Kier alpha value is -0.880. The van der Waals surface area contributed by atoms with Crippen molar-refractivity contribution in [3.05, 3.63) is 28.5 Å². The van der Waals surface area contributed by atoms with Crippen LogP contribution in [0.15, 0.2) is 18.0 Å². The Bertz CT molecular complexity index is 706. The standard InChI is InChI=1S/C12H17N2O7PS2/c1-2-12(17)9(15)6(3-20-22(18,19)23)21-10(12)5-4-24-8(7(5)13)11(14)16/h2,4,6,9-10,15,17H,1,3,13H2,(H2,14,16)(H2,18,19,23)/t6-,9-,10+,12-/m1/s1. The van der Waals surface area contributed by atoms with Crippen LogP contribution in [-0.2, 0) is 21.1 Å². The Morgan fingerprint density at radius 3 is 2.71 bits per heavy atom. The summed E-state index contributed by atoms with van der Waals surface area (Å²) in [5.74, 6) is -0.731. The van der Waals surface area contributed by atoms with Gasteiger partial charge >= 0.3 is 6.72 Å². The van der Waals surface area contributed by atoms with Crippen molar-refractivity contribution in [2.45, 2.75) is 23.9 Å². The number of anilines is 1. The van der Waals surface area contributed by atoms with Gasteiger partial charge in [0.2, 0.25) is 0 Å². The fraction of sp³-hybridized carbons (Fsp3) is 0.417. The van der Waals surface area contributed by atoms with Crippen molar-refractivity contribution in [3.8, 4) is 0 Å². The molecular weight excluding hydrogens is 379 g/mol. The summed E-state index contributed by atoms with van der Waals surface area (Å²) in [5, 5.41) is 22.5. The van der Waals surface area contributed by atoms with Crippen molar-refractivity contribution in [3.63, 3.8) is 0 Å². The zero-order valence-electron chi connectivity index (χ0n) is 12.2. The van der Waals surface area contributed by atoms with Crippen LogP contribution in [0.5, 0.6) is 0 Å². The van der Waals surface area contributed by atoms with Crippen LogP contribution in [-0.4, -0.2) is 50.3 Å². The van der Waals surface area contributed by atoms with E-state index in [1.165, 1.54) is 5.38 Å². The summed E-state index contributed by atoms with van der Waals surface area (Å²) in [6.07, 6.45) is -2.70. The van der Waals surface area contributed by atoms with E-state index < -0.39 is 43.1 Å². The Kier molecular flexibility index (Phi) is 5.50. The number of rotatable bonds is 6. The van der Waals surface area contributed by atoms with Gasteiger partial charge in [0.05, 0.1) is 12.3 Å². The van der Waals surface area contributed by atoms with Crippen LogP contribution in [0.4, 0.5) is 5.69 Å². The van der Waals surface area contributed by atoms with Gasteiger partial charge in [-0.2, -0.15) is 0 Å². The number of thiophene rings is 1. The molecule has 4 atom stereocenters. The third-order valence-corrected chi connectivity index (χ3v) is 5.49. The number of ether oxygens (including phenoxy) is 1. The van der Waals surface area contributed by atoms with Gasteiger partial charge in [0.1, 0.15) is 28.8 Å². The largest absolute Gasteiger partial charge is 0.397 e. The van der Waals surface area contributed by atoms with E-state index in [2.05, 4.69) is 22.9 Å². The third kappa shape index (κ3) is 3.54. The minimum Gasteiger partial charge on any atom is -0.397 e. The maximum atomic E-state index is 11.3. The molecule has 0 aromatic carbocycles. The molecular formula is C12H17N2O7PS2. The molecule has 1 aliphatic heterocycles. The molecule has 0 saturated carbocycles. The smallest absolute Gasteiger partial charge is 0.321 e. The van der Waals surface area contributed by atoms with Crippen molar-refractivity contribution < 1.29 is 34.1 Å². The Labute approximate surface area is 146 Å². The molecule has 24 heavy (non-hydrogen) atoms. The Balaban J connectivity index is 2.34. The molecule has 134 valence electrons. The van der Waals surface area contributed by atoms with Crippen molar-refractivity contribution in [2.24, 2.45) is 5.73 Å². The van der Waals surface area contributed by atoms with Gasteiger partial charge in [0.15, 0.2) is 0 Å². The SMILES string of the molecule is C=C[C@@]1(O)[C@H](O)[C@@H](COP(O)(O)=S)O[C@H]1c1csc(C(N)=O)c1N. The molecule has 1 aromatic heterocycles. The number of carbonyl (C=O) groups excluding carboxylic acids is 1. The predicted octanol–water partition coefficient (Wildman–Crippen LogP) is -0.627. The molecule has 0 spiro atoms. The molecule has 0 radical (unpaired) electrons. The number of aliphatic hydroxyl groups excluding tert-OH is 1. The summed E-state index contributed by atoms with van der Waals surface area (Å²) >= 11 is 5.30. The fourth-order valence-electron chi connectivity index (χ4n) is 2.44. The van der Waals surface area contributed by atoms with Crippen LogP contribution in [0.3, 0.4) is 0 Å². The van der Waals surface area contributed by atoms with Crippen molar-refractivity contribution in [1.82, 2.24) is 0 Å². The first-order valence-electron chi connectivity index (χ1n) is 6.57. The summed E-state index contributed by atoms with van der Waals surface area (Å²) in [7, 11) is 0. The first kappa shape index (κ1) is 19.4. The highest BCUT2D eigenvalue weighted by molar-refractivity contribution is 8.06. The minimum atomic E-state index is -3.95. The number of nitrogens with two attached hydrogens (primary N) is 2. The molecule has 0 unspecified atom stereocenters. The number of aliphatic hydroxyl groups is 2. The van der Waals surface area contributed by atoms with E-state index in [0.29, 0.717) is 0 Å². The van der Waals surface area contributed by atoms with Gasteiger partial charge in [0, 0.05) is 5.56 Å². The van der Waals surface area contributed by atoms with E-state index in [0.717, 1.165) is 17.4 Å². The van der Waals surface area contributed by atoms with E-state index in [9.17, 15) is 15.0 Å². The van der Waals surface area contributed by atoms with Gasteiger partial charge in [-0.3, -0.25) is 4.79 Å². The van der Waals surface area contributed by atoms with E-state index in [1.54, 1.807) is 0 Å². The van der Waals surface area contributed by atoms with Crippen molar-refractivity contribution in [2.75, 3.05) is 12.3 Å². The molecule has 0 aliphatic carbocycles. The zero-order chi connectivity index (χ0) is 18.3. The number of amides is 1. The zero-order valence-corrected chi connectivity index (χ0v) is 14.8. The van der Waals surface area contributed by atoms with Crippen LogP contribution in [0, 0.1) is 0 Å².